The highest BCUT2D eigenvalue weighted by molar-refractivity contribution is 5.94. The normalized spacial score (nSPS) is 13.7. The minimum Gasteiger partial charge on any atom is -0.493 e. The Bertz CT molecular complexity index is 760. The number of benzene rings is 1. The second kappa shape index (κ2) is 11.7. The Labute approximate surface area is 183 Å². The van der Waals surface area contributed by atoms with Gasteiger partial charge in [-0.1, -0.05) is 0 Å². The van der Waals surface area contributed by atoms with E-state index in [0.29, 0.717) is 35.9 Å². The maximum absolute atomic E-state index is 12.5. The van der Waals surface area contributed by atoms with Crippen LogP contribution in [0.15, 0.2) is 36.7 Å². The lowest BCUT2D eigenvalue weighted by atomic mass is 10.1. The van der Waals surface area contributed by atoms with Gasteiger partial charge in [-0.15, -0.1) is 24.8 Å². The summed E-state index contributed by atoms with van der Waals surface area (Å²) < 4.78 is 16.2. The van der Waals surface area contributed by atoms with Crippen LogP contribution in [0.25, 0.3) is 0 Å². The molecule has 1 aromatic heterocycles. The van der Waals surface area contributed by atoms with Gasteiger partial charge in [-0.25, -0.2) is 0 Å². The Balaban J connectivity index is 0.00000210. The van der Waals surface area contributed by atoms with Crippen molar-refractivity contribution in [3.8, 4) is 17.2 Å². The third-order valence-electron chi connectivity index (χ3n) is 4.72. The van der Waals surface area contributed by atoms with Crippen LogP contribution < -0.4 is 14.2 Å². The van der Waals surface area contributed by atoms with Crippen LogP contribution in [0.2, 0.25) is 0 Å². The summed E-state index contributed by atoms with van der Waals surface area (Å²) >= 11 is 0. The average molecular weight is 444 g/mol. The van der Waals surface area contributed by atoms with Gasteiger partial charge in [-0.05, 0) is 29.8 Å². The molecule has 2 aromatic rings. The van der Waals surface area contributed by atoms with Gasteiger partial charge in [-0.2, -0.15) is 0 Å². The number of amides is 1. The zero-order valence-corrected chi connectivity index (χ0v) is 18.4. The van der Waals surface area contributed by atoms with Gasteiger partial charge < -0.3 is 19.1 Å². The number of piperazine rings is 1. The first-order valence-electron chi connectivity index (χ1n) is 8.86. The number of methoxy groups -OCH3 is 3. The van der Waals surface area contributed by atoms with Gasteiger partial charge in [0.05, 0.1) is 21.3 Å². The van der Waals surface area contributed by atoms with E-state index in [-0.39, 0.29) is 30.7 Å². The minimum absolute atomic E-state index is 0. The number of hydrogen-bond acceptors (Lipinski definition) is 6. The van der Waals surface area contributed by atoms with Crippen LogP contribution in [0.5, 0.6) is 17.2 Å². The summed E-state index contributed by atoms with van der Waals surface area (Å²) in [6, 6.07) is 7.45. The van der Waals surface area contributed by atoms with Crippen LogP contribution in [0.3, 0.4) is 0 Å². The molecular weight excluding hydrogens is 417 g/mol. The van der Waals surface area contributed by atoms with Crippen LogP contribution in [0, 0.1) is 0 Å². The fourth-order valence-corrected chi connectivity index (χ4v) is 3.27. The van der Waals surface area contributed by atoms with Gasteiger partial charge in [0.2, 0.25) is 5.75 Å². The first kappa shape index (κ1) is 24.8. The molecule has 1 saturated heterocycles. The van der Waals surface area contributed by atoms with Crippen molar-refractivity contribution in [2.75, 3.05) is 47.5 Å². The quantitative estimate of drug-likeness (QED) is 0.683. The molecule has 0 spiro atoms. The largest absolute Gasteiger partial charge is 0.493 e. The van der Waals surface area contributed by atoms with Crippen LogP contribution in [-0.2, 0) is 6.54 Å². The fourth-order valence-electron chi connectivity index (χ4n) is 3.27. The Hall–Kier alpha value is -2.22. The van der Waals surface area contributed by atoms with Crippen molar-refractivity contribution in [2.45, 2.75) is 6.54 Å². The Morgan fingerprint density at radius 3 is 1.97 bits per heavy atom. The van der Waals surface area contributed by atoms with E-state index in [4.69, 9.17) is 14.2 Å². The van der Waals surface area contributed by atoms with Crippen molar-refractivity contribution in [2.24, 2.45) is 0 Å². The van der Waals surface area contributed by atoms with Crippen molar-refractivity contribution >= 4 is 30.7 Å². The van der Waals surface area contributed by atoms with E-state index in [9.17, 15) is 4.79 Å². The minimum atomic E-state index is 0. The first-order valence-corrected chi connectivity index (χ1v) is 8.86. The number of aromatic nitrogens is 1. The number of hydrogen-bond donors (Lipinski definition) is 0. The number of rotatable bonds is 6. The maximum atomic E-state index is 12.5. The fraction of sp³-hybridized carbons (Fsp3) is 0.400. The molecule has 9 heteroatoms. The van der Waals surface area contributed by atoms with Crippen LogP contribution >= 0.6 is 24.8 Å². The lowest BCUT2D eigenvalue weighted by molar-refractivity contribution is 0.0628. The van der Waals surface area contributed by atoms with Gasteiger partial charge in [-0.3, -0.25) is 14.7 Å². The number of halogens is 2. The van der Waals surface area contributed by atoms with Crippen LogP contribution in [0.1, 0.15) is 15.9 Å². The van der Waals surface area contributed by atoms with E-state index in [1.54, 1.807) is 45.9 Å². The predicted octanol–water partition coefficient (Wildman–Crippen LogP) is 2.91. The molecule has 0 unspecified atom stereocenters. The second-order valence-corrected chi connectivity index (χ2v) is 6.34. The highest BCUT2D eigenvalue weighted by atomic mass is 35.5. The van der Waals surface area contributed by atoms with Crippen molar-refractivity contribution in [1.29, 1.82) is 0 Å². The zero-order valence-electron chi connectivity index (χ0n) is 16.8. The predicted molar refractivity (Wildman–Crippen MR) is 116 cm³/mol. The molecule has 0 saturated carbocycles. The standard InChI is InChI=1S/C20H25N3O4.2ClH/c1-25-17-12-15(13-18(26-2)19(17)27-3)14-22-8-10-23(11-9-22)20(24)16-4-6-21-7-5-16;;/h4-7,12-13H,8-11,14H2,1-3H3;2*1H. The van der Waals surface area contributed by atoms with E-state index in [2.05, 4.69) is 9.88 Å². The smallest absolute Gasteiger partial charge is 0.254 e. The molecule has 0 atom stereocenters. The van der Waals surface area contributed by atoms with Crippen molar-refractivity contribution in [3.63, 3.8) is 0 Å². The van der Waals surface area contributed by atoms with E-state index in [0.717, 1.165) is 25.2 Å². The summed E-state index contributed by atoms with van der Waals surface area (Å²) in [5, 5.41) is 0. The molecule has 0 aliphatic carbocycles. The Kier molecular flexibility index (Phi) is 10.0. The van der Waals surface area contributed by atoms with E-state index in [1.165, 1.54) is 0 Å². The molecule has 160 valence electrons. The number of ether oxygens (including phenoxy) is 3. The third kappa shape index (κ3) is 5.88. The molecule has 0 N–H and O–H groups in total. The average Bonchev–Trinajstić information content (AvgIpc) is 2.73. The van der Waals surface area contributed by atoms with E-state index in [1.807, 2.05) is 17.0 Å². The van der Waals surface area contributed by atoms with Crippen LogP contribution in [-0.4, -0.2) is 68.2 Å². The number of pyridine rings is 1. The van der Waals surface area contributed by atoms with Gasteiger partial charge >= 0.3 is 0 Å². The summed E-state index contributed by atoms with van der Waals surface area (Å²) in [5.74, 6) is 1.96. The van der Waals surface area contributed by atoms with E-state index < -0.39 is 0 Å². The molecule has 7 nitrogen and oxygen atoms in total. The molecule has 1 fully saturated rings. The van der Waals surface area contributed by atoms with Gasteiger partial charge in [0.1, 0.15) is 0 Å². The lowest BCUT2D eigenvalue weighted by Gasteiger charge is -2.35. The molecule has 2 heterocycles. The maximum Gasteiger partial charge on any atom is 0.254 e. The summed E-state index contributed by atoms with van der Waals surface area (Å²) in [6.07, 6.45) is 3.29. The summed E-state index contributed by atoms with van der Waals surface area (Å²) in [6.45, 7) is 3.78. The van der Waals surface area contributed by atoms with Gasteiger partial charge in [0.15, 0.2) is 11.5 Å². The van der Waals surface area contributed by atoms with Crippen LogP contribution in [0.4, 0.5) is 0 Å². The van der Waals surface area contributed by atoms with Crippen molar-refractivity contribution < 1.29 is 19.0 Å². The topological polar surface area (TPSA) is 64.1 Å². The first-order chi connectivity index (χ1) is 13.2. The molecule has 29 heavy (non-hydrogen) atoms. The summed E-state index contributed by atoms with van der Waals surface area (Å²) in [4.78, 5) is 20.7. The summed E-state index contributed by atoms with van der Waals surface area (Å²) in [7, 11) is 4.83. The summed E-state index contributed by atoms with van der Waals surface area (Å²) in [5.41, 5.74) is 1.77. The molecule has 1 amide bonds. The van der Waals surface area contributed by atoms with Crippen molar-refractivity contribution in [3.05, 3.63) is 47.8 Å². The monoisotopic (exact) mass is 443 g/mol. The number of carbonyl (C=O) groups is 1. The van der Waals surface area contributed by atoms with Crippen molar-refractivity contribution in [1.82, 2.24) is 14.8 Å². The molecule has 0 radical (unpaired) electrons. The molecule has 1 aromatic carbocycles. The number of carbonyl (C=O) groups excluding carboxylic acids is 1. The molecule has 0 bridgehead atoms. The third-order valence-corrected chi connectivity index (χ3v) is 4.72. The van der Waals surface area contributed by atoms with Gasteiger partial charge in [0, 0.05) is 50.7 Å². The molecule has 3 rings (SSSR count). The molecule has 1 aliphatic rings. The van der Waals surface area contributed by atoms with Gasteiger partial charge in [0.25, 0.3) is 5.91 Å². The second-order valence-electron chi connectivity index (χ2n) is 6.34. The zero-order chi connectivity index (χ0) is 19.2. The molecular formula is C20H27Cl2N3O4. The Morgan fingerprint density at radius 1 is 0.931 bits per heavy atom. The Morgan fingerprint density at radius 2 is 1.48 bits per heavy atom. The lowest BCUT2D eigenvalue weighted by Crippen LogP contribution is -2.48. The SMILES string of the molecule is COc1cc(CN2CCN(C(=O)c3ccncc3)CC2)cc(OC)c1OC.Cl.Cl. The molecule has 1 aliphatic heterocycles. The van der Waals surface area contributed by atoms with E-state index >= 15 is 0 Å². The highest BCUT2D eigenvalue weighted by Gasteiger charge is 2.23. The number of nitrogens with zero attached hydrogens (tertiary/aromatic N) is 3. The highest BCUT2D eigenvalue weighted by Crippen LogP contribution is 2.38.